The van der Waals surface area contributed by atoms with Crippen LogP contribution in [-0.2, 0) is 4.79 Å². The lowest BCUT2D eigenvalue weighted by molar-refractivity contribution is -0.131. The van der Waals surface area contributed by atoms with Gasteiger partial charge < -0.3 is 10.4 Å². The predicted molar refractivity (Wildman–Crippen MR) is 64.0 cm³/mol. The average Bonchev–Trinajstić information content (AvgIpc) is 2.15. The van der Waals surface area contributed by atoms with Gasteiger partial charge in [-0.1, -0.05) is 29.8 Å². The third kappa shape index (κ3) is 3.66. The van der Waals surface area contributed by atoms with E-state index in [0.717, 1.165) is 5.56 Å². The maximum Gasteiger partial charge on any atom is 0.253 e. The highest BCUT2D eigenvalue weighted by Gasteiger charge is 2.21. The van der Waals surface area contributed by atoms with Crippen molar-refractivity contribution in [1.82, 2.24) is 5.32 Å². The summed E-state index contributed by atoms with van der Waals surface area (Å²) in [6.07, 6.45) is -1.10. The fourth-order valence-electron chi connectivity index (χ4n) is 1.34. The molecule has 16 heavy (non-hydrogen) atoms. The molecule has 0 saturated carbocycles. The first-order valence-corrected chi connectivity index (χ1v) is 5.36. The first kappa shape index (κ1) is 12.7. The molecule has 0 fully saturated rings. The molecule has 88 valence electrons. The molecular formula is C13H19NO2. The largest absolute Gasteiger partial charge is 0.378 e. The number of benzene rings is 1. The van der Waals surface area contributed by atoms with Crippen molar-refractivity contribution in [3.8, 4) is 0 Å². The number of amides is 1. The molecule has 3 nitrogen and oxygen atoms in total. The Morgan fingerprint density at radius 1 is 1.25 bits per heavy atom. The fraction of sp³-hybridized carbons (Fsp3) is 0.462. The van der Waals surface area contributed by atoms with Crippen molar-refractivity contribution in [2.45, 2.75) is 39.3 Å². The Bertz CT molecular complexity index is 363. The number of aliphatic hydroxyl groups excluding tert-OH is 1. The minimum atomic E-state index is -1.10. The average molecular weight is 221 g/mol. The highest BCUT2D eigenvalue weighted by molar-refractivity contribution is 5.82. The van der Waals surface area contributed by atoms with Gasteiger partial charge in [0.25, 0.3) is 5.91 Å². The van der Waals surface area contributed by atoms with E-state index in [2.05, 4.69) is 5.32 Å². The molecule has 1 amide bonds. The predicted octanol–water partition coefficient (Wildman–Crippen LogP) is 1.94. The van der Waals surface area contributed by atoms with Crippen LogP contribution in [0.4, 0.5) is 0 Å². The molecule has 0 aliphatic rings. The van der Waals surface area contributed by atoms with Crippen LogP contribution in [0.25, 0.3) is 0 Å². The van der Waals surface area contributed by atoms with Crippen molar-refractivity contribution >= 4 is 5.91 Å². The summed E-state index contributed by atoms with van der Waals surface area (Å²) in [4.78, 5) is 11.7. The van der Waals surface area contributed by atoms with E-state index in [0.29, 0.717) is 5.56 Å². The molecule has 0 bridgehead atoms. The molecule has 0 unspecified atom stereocenters. The van der Waals surface area contributed by atoms with Crippen LogP contribution in [0.1, 0.15) is 38.0 Å². The normalized spacial score (nSPS) is 13.3. The van der Waals surface area contributed by atoms with Crippen LogP contribution in [0.2, 0.25) is 0 Å². The number of carbonyl (C=O) groups is 1. The molecule has 0 aliphatic carbocycles. The molecule has 1 atom stereocenters. The summed E-state index contributed by atoms with van der Waals surface area (Å²) in [7, 11) is 0. The lowest BCUT2D eigenvalue weighted by Gasteiger charge is -2.22. The summed E-state index contributed by atoms with van der Waals surface area (Å²) in [5, 5.41) is 12.6. The minimum absolute atomic E-state index is 0.331. The van der Waals surface area contributed by atoms with Gasteiger partial charge in [-0.2, -0.15) is 0 Å². The standard InChI is InChI=1S/C13H19NO2/c1-9-5-7-10(8-6-9)11(15)12(16)14-13(2,3)4/h5-8,11,15H,1-4H3,(H,14,16)/t11-/m0/s1. The quantitative estimate of drug-likeness (QED) is 0.802. The van der Waals surface area contributed by atoms with Gasteiger partial charge in [-0.05, 0) is 33.3 Å². The van der Waals surface area contributed by atoms with Crippen LogP contribution < -0.4 is 5.32 Å². The van der Waals surface area contributed by atoms with Gasteiger partial charge in [-0.3, -0.25) is 4.79 Å². The Labute approximate surface area is 96.5 Å². The molecule has 0 radical (unpaired) electrons. The smallest absolute Gasteiger partial charge is 0.253 e. The Hall–Kier alpha value is -1.35. The fourth-order valence-corrected chi connectivity index (χ4v) is 1.34. The molecule has 0 aromatic heterocycles. The molecule has 0 saturated heterocycles. The lowest BCUT2D eigenvalue weighted by Crippen LogP contribution is -2.43. The summed E-state index contributed by atoms with van der Waals surface area (Å²) in [6.45, 7) is 7.61. The summed E-state index contributed by atoms with van der Waals surface area (Å²) in [5.74, 6) is -0.364. The van der Waals surface area contributed by atoms with Crippen molar-refractivity contribution in [1.29, 1.82) is 0 Å². The number of rotatable bonds is 2. The third-order valence-electron chi connectivity index (χ3n) is 2.14. The van der Waals surface area contributed by atoms with Gasteiger partial charge in [0.2, 0.25) is 0 Å². The molecule has 1 aromatic rings. The number of carbonyl (C=O) groups excluding carboxylic acids is 1. The van der Waals surface area contributed by atoms with Crippen LogP contribution in [0.15, 0.2) is 24.3 Å². The highest BCUT2D eigenvalue weighted by Crippen LogP contribution is 2.15. The van der Waals surface area contributed by atoms with Gasteiger partial charge in [-0.25, -0.2) is 0 Å². The first-order valence-electron chi connectivity index (χ1n) is 5.36. The Balaban J connectivity index is 2.74. The Morgan fingerprint density at radius 3 is 2.19 bits per heavy atom. The Kier molecular flexibility index (Phi) is 3.70. The zero-order chi connectivity index (χ0) is 12.3. The summed E-state index contributed by atoms with van der Waals surface area (Å²) >= 11 is 0. The van der Waals surface area contributed by atoms with Crippen molar-refractivity contribution < 1.29 is 9.90 Å². The van der Waals surface area contributed by atoms with Gasteiger partial charge >= 0.3 is 0 Å². The SMILES string of the molecule is Cc1ccc([C@H](O)C(=O)NC(C)(C)C)cc1. The number of hydrogen-bond acceptors (Lipinski definition) is 2. The van der Waals surface area contributed by atoms with E-state index < -0.39 is 6.10 Å². The Morgan fingerprint density at radius 2 is 1.75 bits per heavy atom. The number of nitrogens with one attached hydrogen (secondary N) is 1. The second-order valence-electron chi connectivity index (χ2n) is 5.05. The van der Waals surface area contributed by atoms with E-state index in [1.165, 1.54) is 0 Å². The highest BCUT2D eigenvalue weighted by atomic mass is 16.3. The van der Waals surface area contributed by atoms with Crippen LogP contribution in [0.5, 0.6) is 0 Å². The van der Waals surface area contributed by atoms with E-state index in [4.69, 9.17) is 0 Å². The van der Waals surface area contributed by atoms with Crippen molar-refractivity contribution in [2.75, 3.05) is 0 Å². The molecule has 0 heterocycles. The van der Waals surface area contributed by atoms with E-state index in [9.17, 15) is 9.90 Å². The van der Waals surface area contributed by atoms with E-state index in [1.807, 2.05) is 39.8 Å². The van der Waals surface area contributed by atoms with Gasteiger partial charge in [-0.15, -0.1) is 0 Å². The van der Waals surface area contributed by atoms with E-state index in [1.54, 1.807) is 12.1 Å². The van der Waals surface area contributed by atoms with Crippen LogP contribution in [0.3, 0.4) is 0 Å². The number of aryl methyl sites for hydroxylation is 1. The van der Waals surface area contributed by atoms with Gasteiger partial charge in [0.1, 0.15) is 0 Å². The molecule has 0 aliphatic heterocycles. The maximum absolute atomic E-state index is 11.7. The van der Waals surface area contributed by atoms with Gasteiger partial charge in [0.15, 0.2) is 6.10 Å². The van der Waals surface area contributed by atoms with Crippen LogP contribution in [0, 0.1) is 6.92 Å². The van der Waals surface area contributed by atoms with Crippen LogP contribution in [-0.4, -0.2) is 16.6 Å². The molecule has 1 aromatic carbocycles. The lowest BCUT2D eigenvalue weighted by atomic mass is 10.0. The zero-order valence-electron chi connectivity index (χ0n) is 10.2. The third-order valence-corrected chi connectivity index (χ3v) is 2.14. The monoisotopic (exact) mass is 221 g/mol. The van der Waals surface area contributed by atoms with Gasteiger partial charge in [0.05, 0.1) is 0 Å². The molecule has 3 heteroatoms. The molecule has 1 rings (SSSR count). The number of hydrogen-bond donors (Lipinski definition) is 2. The molecule has 2 N–H and O–H groups in total. The second-order valence-corrected chi connectivity index (χ2v) is 5.05. The van der Waals surface area contributed by atoms with E-state index in [-0.39, 0.29) is 11.4 Å². The van der Waals surface area contributed by atoms with Crippen molar-refractivity contribution in [3.63, 3.8) is 0 Å². The molecule has 0 spiro atoms. The maximum atomic E-state index is 11.7. The van der Waals surface area contributed by atoms with Crippen LogP contribution >= 0.6 is 0 Å². The summed E-state index contributed by atoms with van der Waals surface area (Å²) in [5.41, 5.74) is 1.39. The summed E-state index contributed by atoms with van der Waals surface area (Å²) in [6, 6.07) is 7.29. The minimum Gasteiger partial charge on any atom is -0.378 e. The molecular weight excluding hydrogens is 202 g/mol. The van der Waals surface area contributed by atoms with Gasteiger partial charge in [0, 0.05) is 5.54 Å². The zero-order valence-corrected chi connectivity index (χ0v) is 10.2. The summed E-state index contributed by atoms with van der Waals surface area (Å²) < 4.78 is 0. The number of aliphatic hydroxyl groups is 1. The van der Waals surface area contributed by atoms with E-state index >= 15 is 0 Å². The van der Waals surface area contributed by atoms with Crippen molar-refractivity contribution in [3.05, 3.63) is 35.4 Å². The first-order chi connectivity index (χ1) is 7.29. The topological polar surface area (TPSA) is 49.3 Å². The second kappa shape index (κ2) is 4.66. The van der Waals surface area contributed by atoms with Crippen molar-refractivity contribution in [2.24, 2.45) is 0 Å².